The number of thiophene rings is 1. The topological polar surface area (TPSA) is 37.8 Å². The van der Waals surface area contributed by atoms with Crippen molar-refractivity contribution in [3.8, 4) is 10.4 Å². The first kappa shape index (κ1) is 9.30. The SMILES string of the molecule is CNCc1ccc(-c2cncnc2)s1. The van der Waals surface area contributed by atoms with Crippen LogP contribution in [0, 0.1) is 0 Å². The van der Waals surface area contributed by atoms with Gasteiger partial charge in [0.25, 0.3) is 0 Å². The molecule has 0 bridgehead atoms. The highest BCUT2D eigenvalue weighted by molar-refractivity contribution is 7.15. The van der Waals surface area contributed by atoms with Crippen LogP contribution < -0.4 is 5.32 Å². The lowest BCUT2D eigenvalue weighted by atomic mass is 10.3. The molecule has 14 heavy (non-hydrogen) atoms. The van der Waals surface area contributed by atoms with Gasteiger partial charge in [0.15, 0.2) is 0 Å². The summed E-state index contributed by atoms with van der Waals surface area (Å²) in [6.07, 6.45) is 5.22. The third-order valence-corrected chi connectivity index (χ3v) is 2.99. The summed E-state index contributed by atoms with van der Waals surface area (Å²) < 4.78 is 0. The highest BCUT2D eigenvalue weighted by Gasteiger charge is 2.01. The molecule has 0 atom stereocenters. The van der Waals surface area contributed by atoms with E-state index in [0.717, 1.165) is 12.1 Å². The van der Waals surface area contributed by atoms with Crippen LogP contribution in [0.5, 0.6) is 0 Å². The average Bonchev–Trinajstić information content (AvgIpc) is 2.68. The van der Waals surface area contributed by atoms with Gasteiger partial charge in [0.1, 0.15) is 6.33 Å². The van der Waals surface area contributed by atoms with Gasteiger partial charge in [-0.05, 0) is 19.2 Å². The predicted octanol–water partition coefficient (Wildman–Crippen LogP) is 1.92. The maximum atomic E-state index is 4.00. The lowest BCUT2D eigenvalue weighted by Crippen LogP contribution is -2.02. The van der Waals surface area contributed by atoms with Crippen molar-refractivity contribution in [3.05, 3.63) is 35.7 Å². The predicted molar refractivity (Wildman–Crippen MR) is 58.1 cm³/mol. The Morgan fingerprint density at radius 3 is 2.79 bits per heavy atom. The van der Waals surface area contributed by atoms with Crippen molar-refractivity contribution in [2.24, 2.45) is 0 Å². The number of hydrogen-bond donors (Lipinski definition) is 1. The van der Waals surface area contributed by atoms with Gasteiger partial charge in [-0.25, -0.2) is 9.97 Å². The first-order chi connectivity index (χ1) is 6.90. The summed E-state index contributed by atoms with van der Waals surface area (Å²) in [5.41, 5.74) is 1.08. The van der Waals surface area contributed by atoms with Crippen LogP contribution in [0.4, 0.5) is 0 Å². The molecular formula is C10H11N3S. The Kier molecular flexibility index (Phi) is 2.86. The van der Waals surface area contributed by atoms with Crippen LogP contribution in [0.3, 0.4) is 0 Å². The third-order valence-electron chi connectivity index (χ3n) is 1.86. The fourth-order valence-corrected chi connectivity index (χ4v) is 2.22. The molecular weight excluding hydrogens is 194 g/mol. The maximum Gasteiger partial charge on any atom is 0.115 e. The Bertz CT molecular complexity index is 397. The minimum Gasteiger partial charge on any atom is -0.315 e. The minimum absolute atomic E-state index is 0.915. The summed E-state index contributed by atoms with van der Waals surface area (Å²) in [5.74, 6) is 0. The van der Waals surface area contributed by atoms with Crippen LogP contribution in [0.15, 0.2) is 30.9 Å². The zero-order valence-electron chi connectivity index (χ0n) is 7.90. The van der Waals surface area contributed by atoms with Crippen molar-refractivity contribution in [1.82, 2.24) is 15.3 Å². The van der Waals surface area contributed by atoms with Gasteiger partial charge in [0, 0.05) is 34.3 Å². The molecule has 1 N–H and O–H groups in total. The van der Waals surface area contributed by atoms with Gasteiger partial charge in [-0.1, -0.05) is 0 Å². The Labute approximate surface area is 86.8 Å². The third kappa shape index (κ3) is 1.97. The molecule has 0 aliphatic heterocycles. The molecule has 0 fully saturated rings. The van der Waals surface area contributed by atoms with Crippen molar-refractivity contribution >= 4 is 11.3 Å². The van der Waals surface area contributed by atoms with Crippen molar-refractivity contribution in [2.75, 3.05) is 7.05 Å². The van der Waals surface area contributed by atoms with Gasteiger partial charge >= 0.3 is 0 Å². The Balaban J connectivity index is 2.25. The summed E-state index contributed by atoms with van der Waals surface area (Å²) >= 11 is 1.77. The van der Waals surface area contributed by atoms with Gasteiger partial charge in [-0.3, -0.25) is 0 Å². The van der Waals surface area contributed by atoms with E-state index in [2.05, 4.69) is 27.4 Å². The second-order valence-corrected chi connectivity index (χ2v) is 4.09. The highest BCUT2D eigenvalue weighted by atomic mass is 32.1. The van der Waals surface area contributed by atoms with Crippen LogP contribution in [0.25, 0.3) is 10.4 Å². The molecule has 0 aliphatic carbocycles. The summed E-state index contributed by atoms with van der Waals surface area (Å²) in [5, 5.41) is 3.13. The van der Waals surface area contributed by atoms with E-state index in [1.165, 1.54) is 9.75 Å². The summed E-state index contributed by atoms with van der Waals surface area (Å²) in [6.45, 7) is 0.915. The standard InChI is InChI=1S/C10H11N3S/c1-11-6-9-2-3-10(14-9)8-4-12-7-13-5-8/h2-5,7,11H,6H2,1H3. The van der Waals surface area contributed by atoms with Crippen molar-refractivity contribution in [3.63, 3.8) is 0 Å². The molecule has 2 rings (SSSR count). The van der Waals surface area contributed by atoms with E-state index in [1.807, 2.05) is 19.4 Å². The van der Waals surface area contributed by atoms with Gasteiger partial charge in [0.2, 0.25) is 0 Å². The maximum absolute atomic E-state index is 4.00. The van der Waals surface area contributed by atoms with E-state index >= 15 is 0 Å². The molecule has 3 nitrogen and oxygen atoms in total. The fourth-order valence-electron chi connectivity index (χ4n) is 1.23. The van der Waals surface area contributed by atoms with E-state index in [4.69, 9.17) is 0 Å². The second kappa shape index (κ2) is 4.30. The minimum atomic E-state index is 0.915. The van der Waals surface area contributed by atoms with E-state index in [1.54, 1.807) is 17.7 Å². The summed E-state index contributed by atoms with van der Waals surface area (Å²) in [4.78, 5) is 10.5. The quantitative estimate of drug-likeness (QED) is 0.832. The largest absolute Gasteiger partial charge is 0.315 e. The Morgan fingerprint density at radius 1 is 1.29 bits per heavy atom. The Morgan fingerprint density at radius 2 is 2.07 bits per heavy atom. The molecule has 72 valence electrons. The average molecular weight is 205 g/mol. The van der Waals surface area contributed by atoms with Gasteiger partial charge in [-0.15, -0.1) is 11.3 Å². The molecule has 0 saturated heterocycles. The first-order valence-electron chi connectivity index (χ1n) is 4.39. The number of aromatic nitrogens is 2. The van der Waals surface area contributed by atoms with Crippen LogP contribution in [0.1, 0.15) is 4.88 Å². The lowest BCUT2D eigenvalue weighted by Gasteiger charge is -1.94. The molecule has 0 amide bonds. The lowest BCUT2D eigenvalue weighted by molar-refractivity contribution is 0.831. The molecule has 0 spiro atoms. The molecule has 0 radical (unpaired) electrons. The molecule has 0 unspecified atom stereocenters. The van der Waals surface area contributed by atoms with E-state index in [9.17, 15) is 0 Å². The molecule has 2 aromatic rings. The molecule has 0 aliphatic rings. The summed E-state index contributed by atoms with van der Waals surface area (Å²) in [7, 11) is 1.95. The van der Waals surface area contributed by atoms with Crippen molar-refractivity contribution < 1.29 is 0 Å². The summed E-state index contributed by atoms with van der Waals surface area (Å²) in [6, 6.07) is 4.24. The molecule has 2 heterocycles. The van der Waals surface area contributed by atoms with Crippen molar-refractivity contribution in [2.45, 2.75) is 6.54 Å². The molecule has 0 aromatic carbocycles. The first-order valence-corrected chi connectivity index (χ1v) is 5.20. The zero-order chi connectivity index (χ0) is 9.80. The van der Waals surface area contributed by atoms with Crippen LogP contribution >= 0.6 is 11.3 Å². The molecule has 2 aromatic heterocycles. The number of hydrogen-bond acceptors (Lipinski definition) is 4. The van der Waals surface area contributed by atoms with Gasteiger partial charge < -0.3 is 5.32 Å². The molecule has 0 saturated carbocycles. The van der Waals surface area contributed by atoms with Gasteiger partial charge in [-0.2, -0.15) is 0 Å². The highest BCUT2D eigenvalue weighted by Crippen LogP contribution is 2.26. The number of nitrogens with one attached hydrogen (secondary N) is 1. The van der Waals surface area contributed by atoms with Crippen LogP contribution in [0.2, 0.25) is 0 Å². The molecule has 4 heteroatoms. The van der Waals surface area contributed by atoms with Crippen LogP contribution in [-0.4, -0.2) is 17.0 Å². The Hall–Kier alpha value is -1.26. The van der Waals surface area contributed by atoms with Crippen LogP contribution in [-0.2, 0) is 6.54 Å². The fraction of sp³-hybridized carbons (Fsp3) is 0.200. The van der Waals surface area contributed by atoms with E-state index in [-0.39, 0.29) is 0 Å². The normalized spacial score (nSPS) is 10.4. The monoisotopic (exact) mass is 205 g/mol. The van der Waals surface area contributed by atoms with E-state index < -0.39 is 0 Å². The smallest absolute Gasteiger partial charge is 0.115 e. The van der Waals surface area contributed by atoms with Crippen molar-refractivity contribution in [1.29, 1.82) is 0 Å². The number of nitrogens with zero attached hydrogens (tertiary/aromatic N) is 2. The van der Waals surface area contributed by atoms with Gasteiger partial charge in [0.05, 0.1) is 0 Å². The van der Waals surface area contributed by atoms with E-state index in [0.29, 0.717) is 0 Å². The number of rotatable bonds is 3. The zero-order valence-corrected chi connectivity index (χ0v) is 8.71. The second-order valence-electron chi connectivity index (χ2n) is 2.92.